The molecular weight excluding hydrogens is 384 g/mol. The molecule has 4 heteroatoms. The highest BCUT2D eigenvalue weighted by atomic mass is 28.4. The van der Waals surface area contributed by atoms with Crippen molar-refractivity contribution in [3.63, 3.8) is 0 Å². The topological polar surface area (TPSA) is 15.7 Å². The minimum Gasteiger partial charge on any atom is -0.547 e. The van der Waals surface area contributed by atoms with Gasteiger partial charge in [0.1, 0.15) is 0 Å². The van der Waals surface area contributed by atoms with E-state index in [9.17, 15) is 0 Å². The zero-order valence-electron chi connectivity index (χ0n) is 19.2. The van der Waals surface area contributed by atoms with E-state index in [0.717, 1.165) is 6.42 Å². The predicted molar refractivity (Wildman–Crippen MR) is 131 cm³/mol. The molecule has 160 valence electrons. The second kappa shape index (κ2) is 8.50. The molecule has 0 bridgehead atoms. The Kier molecular flexibility index (Phi) is 5.96. The Balaban J connectivity index is 1.80. The van der Waals surface area contributed by atoms with Gasteiger partial charge in [0.05, 0.1) is 17.8 Å². The maximum Gasteiger partial charge on any atom is 0.241 e. The minimum atomic E-state index is -1.65. The van der Waals surface area contributed by atoms with Gasteiger partial charge in [-0.2, -0.15) is 0 Å². The molecule has 2 aromatic carbocycles. The molecule has 1 aliphatic heterocycles. The van der Waals surface area contributed by atoms with Crippen LogP contribution >= 0.6 is 0 Å². The van der Waals surface area contributed by atoms with Gasteiger partial charge in [-0.05, 0) is 74.3 Å². The molecule has 0 saturated heterocycles. The maximum atomic E-state index is 6.72. The standard InChI is InChI=1S/C26H36N2OSi/c1-27(2)21-15-17-22(18-16-21)28-24-14-10-9-13-23(24)26(29-30(3,4)5)19-25(28)20-11-7-6-8-12-20/h6-8,11-12,15-18,24-25H,9-10,13-14,19H2,1-5H3/t24-,25-/m0/s1. The first-order chi connectivity index (χ1) is 14.3. The number of hydrogen-bond donors (Lipinski definition) is 0. The van der Waals surface area contributed by atoms with Crippen LogP contribution in [0.2, 0.25) is 19.6 Å². The van der Waals surface area contributed by atoms with Gasteiger partial charge in [0.2, 0.25) is 8.32 Å². The maximum absolute atomic E-state index is 6.72. The highest BCUT2D eigenvalue weighted by Gasteiger charge is 2.39. The second-order valence-corrected chi connectivity index (χ2v) is 14.3. The SMILES string of the molecule is CN(C)c1ccc(N2[C@H]3CCCCC3=C(O[Si](C)(C)C)C[C@H]2c2ccccc2)cc1. The molecule has 1 fully saturated rings. The number of nitrogens with zero attached hydrogens (tertiary/aromatic N) is 2. The van der Waals surface area contributed by atoms with Crippen LogP contribution < -0.4 is 9.80 Å². The van der Waals surface area contributed by atoms with Gasteiger partial charge in [0.15, 0.2) is 0 Å². The summed E-state index contributed by atoms with van der Waals surface area (Å²) in [5, 5.41) is 0. The van der Waals surface area contributed by atoms with E-state index in [4.69, 9.17) is 4.43 Å². The molecule has 0 unspecified atom stereocenters. The molecule has 0 aromatic heterocycles. The first-order valence-corrected chi connectivity index (χ1v) is 14.8. The molecule has 0 spiro atoms. The average molecular weight is 421 g/mol. The van der Waals surface area contributed by atoms with Crippen LogP contribution in [0.25, 0.3) is 0 Å². The summed E-state index contributed by atoms with van der Waals surface area (Å²) < 4.78 is 6.72. The first kappa shape index (κ1) is 21.0. The summed E-state index contributed by atoms with van der Waals surface area (Å²) >= 11 is 0. The summed E-state index contributed by atoms with van der Waals surface area (Å²) in [5.74, 6) is 1.30. The van der Waals surface area contributed by atoms with E-state index in [2.05, 4.69) is 98.1 Å². The van der Waals surface area contributed by atoms with Crippen LogP contribution in [0.1, 0.15) is 43.7 Å². The molecule has 2 aromatic rings. The Morgan fingerprint density at radius 2 is 1.60 bits per heavy atom. The summed E-state index contributed by atoms with van der Waals surface area (Å²) in [7, 11) is 2.55. The average Bonchev–Trinajstić information content (AvgIpc) is 2.73. The Hall–Kier alpha value is -2.20. The summed E-state index contributed by atoms with van der Waals surface area (Å²) in [4.78, 5) is 4.86. The fourth-order valence-corrected chi connectivity index (χ4v) is 5.92. The highest BCUT2D eigenvalue weighted by Crippen LogP contribution is 2.46. The van der Waals surface area contributed by atoms with Gasteiger partial charge >= 0.3 is 0 Å². The van der Waals surface area contributed by atoms with E-state index in [0.29, 0.717) is 12.1 Å². The summed E-state index contributed by atoms with van der Waals surface area (Å²) in [6.07, 6.45) is 5.94. The Morgan fingerprint density at radius 1 is 0.900 bits per heavy atom. The predicted octanol–water partition coefficient (Wildman–Crippen LogP) is 6.75. The molecule has 3 nitrogen and oxygen atoms in total. The van der Waals surface area contributed by atoms with E-state index < -0.39 is 8.32 Å². The molecule has 4 rings (SSSR count). The molecular formula is C26H36N2OSi. The quantitative estimate of drug-likeness (QED) is 0.497. The van der Waals surface area contributed by atoms with Crippen LogP contribution in [0.5, 0.6) is 0 Å². The van der Waals surface area contributed by atoms with Crippen LogP contribution in [0.15, 0.2) is 65.9 Å². The second-order valence-electron chi connectivity index (χ2n) is 9.87. The van der Waals surface area contributed by atoms with Crippen LogP contribution in [0.4, 0.5) is 11.4 Å². The minimum absolute atomic E-state index is 0.314. The van der Waals surface area contributed by atoms with Gasteiger partial charge in [-0.3, -0.25) is 0 Å². The molecule has 1 saturated carbocycles. The number of hydrogen-bond acceptors (Lipinski definition) is 3. The molecule has 0 amide bonds. The third-order valence-electron chi connectivity index (χ3n) is 6.26. The third kappa shape index (κ3) is 4.44. The van der Waals surface area contributed by atoms with Crippen molar-refractivity contribution >= 4 is 19.7 Å². The molecule has 0 radical (unpaired) electrons. The van der Waals surface area contributed by atoms with E-state index in [1.165, 1.54) is 48.4 Å². The molecule has 1 heterocycles. The van der Waals surface area contributed by atoms with Gasteiger partial charge in [-0.25, -0.2) is 0 Å². The van der Waals surface area contributed by atoms with Crippen molar-refractivity contribution in [2.75, 3.05) is 23.9 Å². The smallest absolute Gasteiger partial charge is 0.241 e. The van der Waals surface area contributed by atoms with Crippen molar-refractivity contribution in [1.29, 1.82) is 0 Å². The first-order valence-electron chi connectivity index (χ1n) is 11.3. The largest absolute Gasteiger partial charge is 0.547 e. The van der Waals surface area contributed by atoms with Crippen molar-refractivity contribution in [3.8, 4) is 0 Å². The lowest BCUT2D eigenvalue weighted by atomic mass is 9.81. The van der Waals surface area contributed by atoms with Crippen molar-refractivity contribution in [2.45, 2.75) is 63.8 Å². The zero-order chi connectivity index (χ0) is 21.3. The summed E-state index contributed by atoms with van der Waals surface area (Å²) in [6, 6.07) is 20.9. The molecule has 2 atom stereocenters. The van der Waals surface area contributed by atoms with Crippen molar-refractivity contribution in [3.05, 3.63) is 71.5 Å². The lowest BCUT2D eigenvalue weighted by Crippen LogP contribution is -2.46. The van der Waals surface area contributed by atoms with Gasteiger partial charge in [0.25, 0.3) is 0 Å². The number of rotatable bonds is 5. The molecule has 1 aliphatic carbocycles. The number of benzene rings is 2. The molecule has 0 N–H and O–H groups in total. The van der Waals surface area contributed by atoms with E-state index in [-0.39, 0.29) is 0 Å². The Morgan fingerprint density at radius 3 is 2.23 bits per heavy atom. The zero-order valence-corrected chi connectivity index (χ0v) is 20.2. The normalized spacial score (nSPS) is 22.0. The van der Waals surface area contributed by atoms with Crippen LogP contribution in [0, 0.1) is 0 Å². The number of fused-ring (bicyclic) bond motifs is 1. The van der Waals surface area contributed by atoms with E-state index in [1.807, 2.05) is 0 Å². The highest BCUT2D eigenvalue weighted by molar-refractivity contribution is 6.70. The van der Waals surface area contributed by atoms with Crippen LogP contribution in [0.3, 0.4) is 0 Å². The fraction of sp³-hybridized carbons (Fsp3) is 0.462. The Bertz CT molecular complexity index is 883. The molecule has 30 heavy (non-hydrogen) atoms. The van der Waals surface area contributed by atoms with Crippen LogP contribution in [-0.4, -0.2) is 28.5 Å². The van der Waals surface area contributed by atoms with Gasteiger partial charge < -0.3 is 14.2 Å². The van der Waals surface area contributed by atoms with Gasteiger partial charge in [-0.1, -0.05) is 36.8 Å². The van der Waals surface area contributed by atoms with Gasteiger partial charge in [-0.15, -0.1) is 0 Å². The van der Waals surface area contributed by atoms with Crippen molar-refractivity contribution in [1.82, 2.24) is 0 Å². The number of anilines is 2. The lowest BCUT2D eigenvalue weighted by molar-refractivity contribution is 0.320. The molecule has 2 aliphatic rings. The Labute approximate surface area is 183 Å². The summed E-state index contributed by atoms with van der Waals surface area (Å²) in [5.41, 5.74) is 5.52. The van der Waals surface area contributed by atoms with E-state index in [1.54, 1.807) is 5.57 Å². The fourth-order valence-electron chi connectivity index (χ4n) is 4.96. The third-order valence-corrected chi connectivity index (χ3v) is 7.12. The van der Waals surface area contributed by atoms with Crippen LogP contribution in [-0.2, 0) is 4.43 Å². The monoisotopic (exact) mass is 420 g/mol. The lowest BCUT2D eigenvalue weighted by Gasteiger charge is -2.48. The van der Waals surface area contributed by atoms with Gasteiger partial charge in [0, 0.05) is 31.9 Å². The van der Waals surface area contributed by atoms with Crippen molar-refractivity contribution < 1.29 is 4.43 Å². The summed E-state index contributed by atoms with van der Waals surface area (Å²) in [6.45, 7) is 6.92. The van der Waals surface area contributed by atoms with Crippen molar-refractivity contribution in [2.24, 2.45) is 0 Å². The van der Waals surface area contributed by atoms with E-state index >= 15 is 0 Å².